The van der Waals surface area contributed by atoms with Crippen LogP contribution in [-0.4, -0.2) is 25.2 Å². The molecule has 2 rings (SSSR count). The number of hydrogen-bond donors (Lipinski definition) is 1. The summed E-state index contributed by atoms with van der Waals surface area (Å²) in [5, 5.41) is 9.02. The SMILES string of the molecule is Cc1cc(=O)c(C(=O)O)cn1Cc1cncn1C(C)C. The summed E-state index contributed by atoms with van der Waals surface area (Å²) in [5.41, 5.74) is 0.995. The summed E-state index contributed by atoms with van der Waals surface area (Å²) in [5.74, 6) is -1.21. The number of carboxylic acids is 1. The summed E-state index contributed by atoms with van der Waals surface area (Å²) in [6.45, 7) is 6.35. The highest BCUT2D eigenvalue weighted by atomic mass is 16.4. The van der Waals surface area contributed by atoms with Crippen LogP contribution >= 0.6 is 0 Å². The Morgan fingerprint density at radius 3 is 2.75 bits per heavy atom. The highest BCUT2D eigenvalue weighted by Crippen LogP contribution is 2.11. The fourth-order valence-electron chi connectivity index (χ4n) is 2.10. The lowest BCUT2D eigenvalue weighted by atomic mass is 10.2. The zero-order valence-electron chi connectivity index (χ0n) is 11.7. The van der Waals surface area contributed by atoms with Crippen LogP contribution in [0.5, 0.6) is 0 Å². The molecule has 20 heavy (non-hydrogen) atoms. The van der Waals surface area contributed by atoms with E-state index >= 15 is 0 Å². The second kappa shape index (κ2) is 5.32. The number of pyridine rings is 1. The minimum atomic E-state index is -1.21. The third-order valence-corrected chi connectivity index (χ3v) is 3.21. The van der Waals surface area contributed by atoms with Crippen molar-refractivity contribution in [3.63, 3.8) is 0 Å². The molecule has 0 bridgehead atoms. The van der Waals surface area contributed by atoms with Crippen molar-refractivity contribution in [3.8, 4) is 0 Å². The molecule has 0 spiro atoms. The van der Waals surface area contributed by atoms with E-state index in [2.05, 4.69) is 4.98 Å². The molecule has 2 heterocycles. The maximum Gasteiger partial charge on any atom is 0.341 e. The van der Waals surface area contributed by atoms with Gasteiger partial charge in [-0.1, -0.05) is 0 Å². The molecule has 106 valence electrons. The first kappa shape index (κ1) is 14.0. The summed E-state index contributed by atoms with van der Waals surface area (Å²) in [6, 6.07) is 1.62. The quantitative estimate of drug-likeness (QED) is 0.921. The standard InChI is InChI=1S/C14H17N3O3/c1-9(2)17-8-15-5-11(17)6-16-7-12(14(19)20)13(18)4-10(16)3/h4-5,7-9H,6H2,1-3H3,(H,19,20). The molecule has 0 saturated carbocycles. The number of carbonyl (C=O) groups is 1. The number of imidazole rings is 1. The van der Waals surface area contributed by atoms with Crippen LogP contribution in [0.3, 0.4) is 0 Å². The molecule has 0 saturated heterocycles. The van der Waals surface area contributed by atoms with E-state index in [0.717, 1.165) is 11.4 Å². The van der Waals surface area contributed by atoms with E-state index in [-0.39, 0.29) is 11.6 Å². The molecular weight excluding hydrogens is 258 g/mol. The molecule has 0 aliphatic rings. The number of aromatic carboxylic acids is 1. The summed E-state index contributed by atoms with van der Waals surface area (Å²) in [6.07, 6.45) is 4.88. The van der Waals surface area contributed by atoms with Crippen LogP contribution < -0.4 is 5.43 Å². The van der Waals surface area contributed by atoms with Crippen LogP contribution in [0.15, 0.2) is 29.6 Å². The van der Waals surface area contributed by atoms with Gasteiger partial charge in [0.2, 0.25) is 0 Å². The predicted octanol–water partition coefficient (Wildman–Crippen LogP) is 1.68. The van der Waals surface area contributed by atoms with Gasteiger partial charge in [-0.15, -0.1) is 0 Å². The van der Waals surface area contributed by atoms with Gasteiger partial charge in [0.05, 0.1) is 18.6 Å². The Hall–Kier alpha value is -2.37. The first-order chi connectivity index (χ1) is 9.40. The lowest BCUT2D eigenvalue weighted by Gasteiger charge is -2.15. The average molecular weight is 275 g/mol. The molecule has 0 fully saturated rings. The fourth-order valence-corrected chi connectivity index (χ4v) is 2.10. The molecule has 0 radical (unpaired) electrons. The van der Waals surface area contributed by atoms with Gasteiger partial charge in [0.25, 0.3) is 0 Å². The lowest BCUT2D eigenvalue weighted by Crippen LogP contribution is -2.20. The van der Waals surface area contributed by atoms with Gasteiger partial charge in [0.15, 0.2) is 5.43 Å². The van der Waals surface area contributed by atoms with Gasteiger partial charge < -0.3 is 14.2 Å². The number of nitrogens with zero attached hydrogens (tertiary/aromatic N) is 3. The van der Waals surface area contributed by atoms with Crippen molar-refractivity contribution in [1.29, 1.82) is 0 Å². The fraction of sp³-hybridized carbons (Fsp3) is 0.357. The number of hydrogen-bond acceptors (Lipinski definition) is 3. The van der Waals surface area contributed by atoms with Gasteiger partial charge in [-0.05, 0) is 20.8 Å². The molecule has 0 aliphatic carbocycles. The van der Waals surface area contributed by atoms with Crippen molar-refractivity contribution in [3.05, 3.63) is 52.0 Å². The maximum absolute atomic E-state index is 11.6. The molecule has 0 amide bonds. The van der Waals surface area contributed by atoms with Crippen molar-refractivity contribution in [1.82, 2.24) is 14.1 Å². The van der Waals surface area contributed by atoms with E-state index in [9.17, 15) is 9.59 Å². The number of carboxylic acid groups (broad SMARTS) is 1. The number of aryl methyl sites for hydroxylation is 1. The summed E-state index contributed by atoms with van der Waals surface area (Å²) >= 11 is 0. The molecular formula is C14H17N3O3. The zero-order valence-corrected chi connectivity index (χ0v) is 11.7. The van der Waals surface area contributed by atoms with E-state index in [1.807, 2.05) is 18.4 Å². The molecule has 2 aromatic heterocycles. The molecule has 0 aromatic carbocycles. The van der Waals surface area contributed by atoms with Crippen LogP contribution in [0.2, 0.25) is 0 Å². The zero-order chi connectivity index (χ0) is 14.9. The molecule has 0 unspecified atom stereocenters. The van der Waals surface area contributed by atoms with E-state index in [0.29, 0.717) is 6.54 Å². The van der Waals surface area contributed by atoms with Gasteiger partial charge in [-0.3, -0.25) is 4.79 Å². The van der Waals surface area contributed by atoms with Crippen molar-refractivity contribution in [2.24, 2.45) is 0 Å². The van der Waals surface area contributed by atoms with E-state index in [1.165, 1.54) is 12.3 Å². The summed E-state index contributed by atoms with van der Waals surface area (Å²) in [4.78, 5) is 26.7. The van der Waals surface area contributed by atoms with Crippen molar-refractivity contribution >= 4 is 5.97 Å². The second-order valence-electron chi connectivity index (χ2n) is 5.01. The average Bonchev–Trinajstić information content (AvgIpc) is 2.80. The Morgan fingerprint density at radius 2 is 2.15 bits per heavy atom. The smallest absolute Gasteiger partial charge is 0.341 e. The van der Waals surface area contributed by atoms with Crippen molar-refractivity contribution in [2.75, 3.05) is 0 Å². The Labute approximate surface area is 116 Å². The minimum absolute atomic E-state index is 0.216. The van der Waals surface area contributed by atoms with Gasteiger partial charge in [0.1, 0.15) is 5.56 Å². The molecule has 0 atom stereocenters. The van der Waals surface area contributed by atoms with Gasteiger partial charge >= 0.3 is 5.97 Å². The third kappa shape index (κ3) is 2.64. The maximum atomic E-state index is 11.6. The molecule has 1 N–H and O–H groups in total. The van der Waals surface area contributed by atoms with Crippen molar-refractivity contribution < 1.29 is 9.90 Å². The second-order valence-corrected chi connectivity index (χ2v) is 5.01. The molecule has 6 nitrogen and oxygen atoms in total. The Balaban J connectivity index is 2.43. The topological polar surface area (TPSA) is 77.1 Å². The predicted molar refractivity (Wildman–Crippen MR) is 74.1 cm³/mol. The number of aromatic nitrogens is 3. The van der Waals surface area contributed by atoms with Crippen LogP contribution in [0, 0.1) is 6.92 Å². The van der Waals surface area contributed by atoms with Crippen molar-refractivity contribution in [2.45, 2.75) is 33.4 Å². The van der Waals surface area contributed by atoms with Gasteiger partial charge in [0, 0.05) is 30.2 Å². The van der Waals surface area contributed by atoms with E-state index in [1.54, 1.807) is 24.0 Å². The molecule has 0 aliphatic heterocycles. The summed E-state index contributed by atoms with van der Waals surface area (Å²) in [7, 11) is 0. The largest absolute Gasteiger partial charge is 0.477 e. The van der Waals surface area contributed by atoms with Gasteiger partial charge in [-0.2, -0.15) is 0 Å². The highest BCUT2D eigenvalue weighted by molar-refractivity contribution is 5.87. The first-order valence-electron chi connectivity index (χ1n) is 6.35. The Kier molecular flexibility index (Phi) is 3.74. The van der Waals surface area contributed by atoms with Crippen LogP contribution in [0.25, 0.3) is 0 Å². The van der Waals surface area contributed by atoms with Gasteiger partial charge in [-0.25, -0.2) is 9.78 Å². The van der Waals surface area contributed by atoms with Crippen LogP contribution in [0.1, 0.15) is 41.6 Å². The van der Waals surface area contributed by atoms with Crippen LogP contribution in [-0.2, 0) is 6.54 Å². The highest BCUT2D eigenvalue weighted by Gasteiger charge is 2.12. The van der Waals surface area contributed by atoms with E-state index < -0.39 is 11.4 Å². The third-order valence-electron chi connectivity index (χ3n) is 3.21. The first-order valence-corrected chi connectivity index (χ1v) is 6.35. The minimum Gasteiger partial charge on any atom is -0.477 e. The normalized spacial score (nSPS) is 11.0. The molecule has 2 aromatic rings. The Bertz CT molecular complexity index is 698. The summed E-state index contributed by atoms with van der Waals surface area (Å²) < 4.78 is 3.76. The molecule has 6 heteroatoms. The van der Waals surface area contributed by atoms with E-state index in [4.69, 9.17) is 5.11 Å². The lowest BCUT2D eigenvalue weighted by molar-refractivity contribution is 0.0694. The Morgan fingerprint density at radius 1 is 1.45 bits per heavy atom. The number of rotatable bonds is 4. The monoisotopic (exact) mass is 275 g/mol. The van der Waals surface area contributed by atoms with Crippen LogP contribution in [0.4, 0.5) is 0 Å².